The number of rotatable bonds is 3. The molecule has 3 atom stereocenters. The van der Waals surface area contributed by atoms with Crippen LogP contribution in [0.2, 0.25) is 0 Å². The molecule has 4 heteroatoms. The minimum absolute atomic E-state index is 0.0880. The Kier molecular flexibility index (Phi) is 2.85. The lowest BCUT2D eigenvalue weighted by atomic mass is 9.94. The van der Waals surface area contributed by atoms with Gasteiger partial charge in [-0.15, -0.1) is 0 Å². The van der Waals surface area contributed by atoms with Crippen LogP contribution < -0.4 is 5.48 Å². The standard InChI is InChI=1S/C10H18N2O2/c1-3-8(13)10-7-5-11-14-9(7)6-12(10)4-2/h7,9-11H,3-6H2,1-2H3. The number of hydroxylamine groups is 1. The largest absolute Gasteiger partial charge is 0.298 e. The summed E-state index contributed by atoms with van der Waals surface area (Å²) >= 11 is 0. The topological polar surface area (TPSA) is 41.6 Å². The van der Waals surface area contributed by atoms with Gasteiger partial charge in [0.1, 0.15) is 5.78 Å². The van der Waals surface area contributed by atoms with Gasteiger partial charge < -0.3 is 0 Å². The number of fused-ring (bicyclic) bond motifs is 1. The summed E-state index contributed by atoms with van der Waals surface area (Å²) in [5.41, 5.74) is 2.90. The second kappa shape index (κ2) is 3.96. The van der Waals surface area contributed by atoms with E-state index < -0.39 is 0 Å². The average Bonchev–Trinajstić information content (AvgIpc) is 2.74. The summed E-state index contributed by atoms with van der Waals surface area (Å²) in [5.74, 6) is 0.717. The van der Waals surface area contributed by atoms with E-state index in [9.17, 15) is 4.79 Å². The normalized spacial score (nSPS) is 37.4. The van der Waals surface area contributed by atoms with Crippen molar-refractivity contribution >= 4 is 5.78 Å². The number of hydrogen-bond donors (Lipinski definition) is 1. The molecule has 0 spiro atoms. The summed E-state index contributed by atoms with van der Waals surface area (Å²) in [6, 6.07) is 0.0880. The van der Waals surface area contributed by atoms with Gasteiger partial charge in [0.25, 0.3) is 0 Å². The van der Waals surface area contributed by atoms with Crippen LogP contribution in [0.4, 0.5) is 0 Å². The third-order valence-corrected chi connectivity index (χ3v) is 3.33. The second-order valence-corrected chi connectivity index (χ2v) is 4.02. The summed E-state index contributed by atoms with van der Waals surface area (Å²) in [7, 11) is 0. The van der Waals surface area contributed by atoms with E-state index in [0.717, 1.165) is 19.6 Å². The van der Waals surface area contributed by atoms with Crippen LogP contribution in [-0.2, 0) is 9.63 Å². The van der Waals surface area contributed by atoms with E-state index >= 15 is 0 Å². The minimum Gasteiger partial charge on any atom is -0.298 e. The first-order valence-corrected chi connectivity index (χ1v) is 5.43. The summed E-state index contributed by atoms with van der Waals surface area (Å²) < 4.78 is 0. The number of likely N-dealkylation sites (tertiary alicyclic amines) is 1. The van der Waals surface area contributed by atoms with Crippen LogP contribution in [0.1, 0.15) is 20.3 Å². The Bertz CT molecular complexity index is 232. The van der Waals surface area contributed by atoms with Gasteiger partial charge in [-0.3, -0.25) is 14.5 Å². The predicted octanol–water partition coefficient (Wildman–Crippen LogP) is 0.189. The van der Waals surface area contributed by atoms with Gasteiger partial charge in [0.15, 0.2) is 0 Å². The molecule has 4 nitrogen and oxygen atoms in total. The molecule has 0 aromatic carbocycles. The van der Waals surface area contributed by atoms with Gasteiger partial charge in [-0.2, -0.15) is 0 Å². The number of nitrogens with one attached hydrogen (secondary N) is 1. The van der Waals surface area contributed by atoms with E-state index in [1.54, 1.807) is 0 Å². The molecule has 2 aliphatic rings. The molecule has 0 amide bonds. The highest BCUT2D eigenvalue weighted by Crippen LogP contribution is 2.30. The maximum Gasteiger partial charge on any atom is 0.150 e. The number of carbonyl (C=O) groups excluding carboxylic acids is 1. The number of likely N-dealkylation sites (N-methyl/N-ethyl adjacent to an activating group) is 1. The lowest BCUT2D eigenvalue weighted by molar-refractivity contribution is -0.124. The number of nitrogens with zero attached hydrogens (tertiary/aromatic N) is 1. The highest BCUT2D eigenvalue weighted by atomic mass is 16.7. The molecule has 14 heavy (non-hydrogen) atoms. The van der Waals surface area contributed by atoms with Crippen molar-refractivity contribution in [1.29, 1.82) is 0 Å². The van der Waals surface area contributed by atoms with Gasteiger partial charge in [0.05, 0.1) is 12.1 Å². The lowest BCUT2D eigenvalue weighted by Crippen LogP contribution is -2.41. The van der Waals surface area contributed by atoms with Crippen molar-refractivity contribution in [3.05, 3.63) is 0 Å². The van der Waals surface area contributed by atoms with E-state index in [4.69, 9.17) is 4.84 Å². The summed E-state index contributed by atoms with van der Waals surface area (Å²) in [6.45, 7) is 6.69. The molecule has 0 aromatic rings. The van der Waals surface area contributed by atoms with E-state index in [-0.39, 0.29) is 12.1 Å². The maximum atomic E-state index is 11.8. The van der Waals surface area contributed by atoms with Crippen molar-refractivity contribution in [2.24, 2.45) is 5.92 Å². The van der Waals surface area contributed by atoms with Crippen molar-refractivity contribution in [3.63, 3.8) is 0 Å². The molecular formula is C10H18N2O2. The molecule has 0 aliphatic carbocycles. The monoisotopic (exact) mass is 198 g/mol. The van der Waals surface area contributed by atoms with E-state index in [0.29, 0.717) is 18.1 Å². The molecule has 2 fully saturated rings. The Morgan fingerprint density at radius 2 is 2.36 bits per heavy atom. The van der Waals surface area contributed by atoms with Crippen LogP contribution in [0.25, 0.3) is 0 Å². The second-order valence-electron chi connectivity index (χ2n) is 4.02. The fourth-order valence-corrected chi connectivity index (χ4v) is 2.55. The zero-order valence-corrected chi connectivity index (χ0v) is 8.82. The Morgan fingerprint density at radius 1 is 1.57 bits per heavy atom. The van der Waals surface area contributed by atoms with Gasteiger partial charge in [-0.05, 0) is 6.54 Å². The minimum atomic E-state index is 0.0880. The smallest absolute Gasteiger partial charge is 0.150 e. The van der Waals surface area contributed by atoms with Crippen LogP contribution in [0.5, 0.6) is 0 Å². The van der Waals surface area contributed by atoms with Crippen LogP contribution in [0.15, 0.2) is 0 Å². The summed E-state index contributed by atoms with van der Waals surface area (Å²) in [6.07, 6.45) is 0.847. The van der Waals surface area contributed by atoms with Crippen molar-refractivity contribution in [1.82, 2.24) is 10.4 Å². The number of hydrogen-bond acceptors (Lipinski definition) is 4. The third kappa shape index (κ3) is 1.47. The van der Waals surface area contributed by atoms with Crippen LogP contribution in [0.3, 0.4) is 0 Å². The summed E-state index contributed by atoms with van der Waals surface area (Å²) in [4.78, 5) is 19.4. The highest BCUT2D eigenvalue weighted by Gasteiger charge is 2.47. The SMILES string of the molecule is CCC(=O)C1C2CNOC2CN1CC. The molecule has 2 saturated heterocycles. The number of carbonyl (C=O) groups is 1. The lowest BCUT2D eigenvalue weighted by Gasteiger charge is -2.24. The fourth-order valence-electron chi connectivity index (χ4n) is 2.55. The van der Waals surface area contributed by atoms with Crippen LogP contribution in [-0.4, -0.2) is 42.5 Å². The molecule has 2 heterocycles. The number of ketones is 1. The Morgan fingerprint density at radius 3 is 3.00 bits per heavy atom. The molecule has 0 radical (unpaired) electrons. The zero-order valence-electron chi connectivity index (χ0n) is 8.82. The van der Waals surface area contributed by atoms with Gasteiger partial charge in [-0.1, -0.05) is 13.8 Å². The van der Waals surface area contributed by atoms with Crippen LogP contribution in [0, 0.1) is 5.92 Å². The van der Waals surface area contributed by atoms with Gasteiger partial charge in [-0.25, -0.2) is 5.48 Å². The van der Waals surface area contributed by atoms with Crippen molar-refractivity contribution in [3.8, 4) is 0 Å². The Balaban J connectivity index is 2.13. The molecule has 2 rings (SSSR count). The molecule has 3 unspecified atom stereocenters. The highest BCUT2D eigenvalue weighted by molar-refractivity contribution is 5.84. The molecule has 1 N–H and O–H groups in total. The first-order valence-electron chi connectivity index (χ1n) is 5.43. The number of Topliss-reactive ketones (excluding diaryl/α,β-unsaturated/α-hetero) is 1. The first-order chi connectivity index (χ1) is 6.77. The quantitative estimate of drug-likeness (QED) is 0.703. The molecule has 0 bridgehead atoms. The molecular weight excluding hydrogens is 180 g/mol. The van der Waals surface area contributed by atoms with E-state index in [1.165, 1.54) is 0 Å². The predicted molar refractivity (Wildman–Crippen MR) is 52.7 cm³/mol. The average molecular weight is 198 g/mol. The Labute approximate surface area is 84.6 Å². The van der Waals surface area contributed by atoms with Gasteiger partial charge >= 0.3 is 0 Å². The maximum absolute atomic E-state index is 11.8. The third-order valence-electron chi connectivity index (χ3n) is 3.33. The van der Waals surface area contributed by atoms with Crippen molar-refractivity contribution < 1.29 is 9.63 Å². The first kappa shape index (κ1) is 10.1. The zero-order chi connectivity index (χ0) is 10.1. The van der Waals surface area contributed by atoms with Gasteiger partial charge in [0, 0.05) is 25.4 Å². The van der Waals surface area contributed by atoms with E-state index in [2.05, 4.69) is 17.3 Å². The van der Waals surface area contributed by atoms with E-state index in [1.807, 2.05) is 6.92 Å². The van der Waals surface area contributed by atoms with Gasteiger partial charge in [0.2, 0.25) is 0 Å². The Hall–Kier alpha value is -0.450. The molecule has 2 aliphatic heterocycles. The fraction of sp³-hybridized carbons (Fsp3) is 0.900. The molecule has 80 valence electrons. The van der Waals surface area contributed by atoms with Crippen molar-refractivity contribution in [2.45, 2.75) is 32.4 Å². The summed E-state index contributed by atoms with van der Waals surface area (Å²) in [5, 5.41) is 0. The van der Waals surface area contributed by atoms with Crippen molar-refractivity contribution in [2.75, 3.05) is 19.6 Å². The molecule has 0 saturated carbocycles. The molecule has 0 aromatic heterocycles. The van der Waals surface area contributed by atoms with Crippen LogP contribution >= 0.6 is 0 Å².